The Kier molecular flexibility index (Phi) is 5.48. The number of thiazole rings is 1. The maximum atomic E-state index is 12.3. The predicted molar refractivity (Wildman–Crippen MR) is 102 cm³/mol. The number of rotatable bonds is 6. The molecule has 0 bridgehead atoms. The number of carbonyl (C=O) groups excluding carboxylic acids is 2. The SMILES string of the molecule is CC(C)c1ccccc1NC(=O)Cc1csc(NC(=O)c2ccco2)n1. The second kappa shape index (κ2) is 7.97. The predicted octanol–water partition coefficient (Wildman–Crippen LogP) is 4.29. The quantitative estimate of drug-likeness (QED) is 0.679. The second-order valence-electron chi connectivity index (χ2n) is 6.04. The Labute approximate surface area is 155 Å². The van der Waals surface area contributed by atoms with Crippen LogP contribution in [0.25, 0.3) is 0 Å². The molecule has 1 aromatic carbocycles. The van der Waals surface area contributed by atoms with Gasteiger partial charge in [-0.05, 0) is 29.7 Å². The highest BCUT2D eigenvalue weighted by Gasteiger charge is 2.14. The molecule has 0 saturated carbocycles. The second-order valence-corrected chi connectivity index (χ2v) is 6.90. The minimum absolute atomic E-state index is 0.138. The summed E-state index contributed by atoms with van der Waals surface area (Å²) >= 11 is 1.27. The average Bonchev–Trinajstić information content (AvgIpc) is 3.27. The monoisotopic (exact) mass is 369 g/mol. The molecular weight excluding hydrogens is 350 g/mol. The summed E-state index contributed by atoms with van der Waals surface area (Å²) in [4.78, 5) is 28.5. The molecule has 0 spiro atoms. The third-order valence-corrected chi connectivity index (χ3v) is 4.52. The van der Waals surface area contributed by atoms with Gasteiger partial charge in [-0.2, -0.15) is 0 Å². The van der Waals surface area contributed by atoms with Gasteiger partial charge < -0.3 is 9.73 Å². The number of hydrogen-bond donors (Lipinski definition) is 2. The fourth-order valence-corrected chi connectivity index (χ4v) is 3.19. The smallest absolute Gasteiger partial charge is 0.293 e. The van der Waals surface area contributed by atoms with Crippen molar-refractivity contribution in [2.24, 2.45) is 0 Å². The number of aromatic nitrogens is 1. The highest BCUT2D eigenvalue weighted by molar-refractivity contribution is 7.14. The van der Waals surface area contributed by atoms with Gasteiger partial charge in [-0.1, -0.05) is 32.0 Å². The number of para-hydroxylation sites is 1. The molecule has 6 nitrogen and oxygen atoms in total. The number of nitrogens with one attached hydrogen (secondary N) is 2. The Balaban J connectivity index is 1.60. The summed E-state index contributed by atoms with van der Waals surface area (Å²) in [6, 6.07) is 11.0. The van der Waals surface area contributed by atoms with Gasteiger partial charge in [0.1, 0.15) is 0 Å². The summed E-state index contributed by atoms with van der Waals surface area (Å²) < 4.78 is 5.04. The molecule has 134 valence electrons. The minimum atomic E-state index is -0.369. The molecule has 0 aliphatic heterocycles. The zero-order valence-electron chi connectivity index (χ0n) is 14.5. The van der Waals surface area contributed by atoms with Crippen LogP contribution in [0.3, 0.4) is 0 Å². The summed E-state index contributed by atoms with van der Waals surface area (Å²) in [5, 5.41) is 7.77. The van der Waals surface area contributed by atoms with Gasteiger partial charge in [-0.15, -0.1) is 11.3 Å². The molecule has 0 aliphatic rings. The molecule has 3 aromatic rings. The maximum absolute atomic E-state index is 12.3. The van der Waals surface area contributed by atoms with E-state index in [0.29, 0.717) is 16.7 Å². The molecule has 2 heterocycles. The van der Waals surface area contributed by atoms with Crippen LogP contribution in [-0.4, -0.2) is 16.8 Å². The van der Waals surface area contributed by atoms with Crippen molar-refractivity contribution in [2.75, 3.05) is 10.6 Å². The van der Waals surface area contributed by atoms with Gasteiger partial charge in [-0.3, -0.25) is 14.9 Å². The molecule has 0 aliphatic carbocycles. The molecule has 2 aromatic heterocycles. The first-order valence-corrected chi connectivity index (χ1v) is 9.09. The Morgan fingerprint density at radius 3 is 2.69 bits per heavy atom. The summed E-state index contributed by atoms with van der Waals surface area (Å²) in [7, 11) is 0. The van der Waals surface area contributed by atoms with E-state index in [4.69, 9.17) is 4.42 Å². The highest BCUT2D eigenvalue weighted by Crippen LogP contribution is 2.24. The standard InChI is InChI=1S/C19H19N3O3S/c1-12(2)14-6-3-4-7-15(14)21-17(23)10-13-11-26-19(20-13)22-18(24)16-8-5-9-25-16/h3-9,11-12H,10H2,1-2H3,(H,21,23)(H,20,22,24). The molecular formula is C19H19N3O3S. The van der Waals surface area contributed by atoms with E-state index in [-0.39, 0.29) is 24.0 Å². The molecule has 7 heteroatoms. The van der Waals surface area contributed by atoms with Gasteiger partial charge in [-0.25, -0.2) is 4.98 Å². The van der Waals surface area contributed by atoms with Crippen molar-refractivity contribution in [3.63, 3.8) is 0 Å². The number of benzene rings is 1. The summed E-state index contributed by atoms with van der Waals surface area (Å²) in [6.45, 7) is 4.17. The van der Waals surface area contributed by atoms with E-state index in [9.17, 15) is 9.59 Å². The lowest BCUT2D eigenvalue weighted by atomic mass is 10.0. The lowest BCUT2D eigenvalue weighted by Crippen LogP contribution is -2.16. The van der Waals surface area contributed by atoms with Gasteiger partial charge in [0.15, 0.2) is 10.9 Å². The fraction of sp³-hybridized carbons (Fsp3) is 0.211. The molecule has 0 unspecified atom stereocenters. The van der Waals surface area contributed by atoms with Crippen LogP contribution in [0.4, 0.5) is 10.8 Å². The van der Waals surface area contributed by atoms with Gasteiger partial charge in [0.2, 0.25) is 5.91 Å². The Bertz CT molecular complexity index is 900. The van der Waals surface area contributed by atoms with Gasteiger partial charge in [0.25, 0.3) is 5.91 Å². The van der Waals surface area contributed by atoms with Crippen LogP contribution < -0.4 is 10.6 Å². The normalized spacial score (nSPS) is 10.7. The van der Waals surface area contributed by atoms with Crippen LogP contribution in [0.2, 0.25) is 0 Å². The zero-order valence-corrected chi connectivity index (χ0v) is 15.3. The van der Waals surface area contributed by atoms with Crippen LogP contribution in [0, 0.1) is 0 Å². The molecule has 2 amide bonds. The number of furan rings is 1. The van der Waals surface area contributed by atoms with Crippen molar-refractivity contribution >= 4 is 34.0 Å². The number of hydrogen-bond acceptors (Lipinski definition) is 5. The van der Waals surface area contributed by atoms with Crippen molar-refractivity contribution in [3.05, 3.63) is 65.1 Å². The Morgan fingerprint density at radius 1 is 1.15 bits per heavy atom. The van der Waals surface area contributed by atoms with E-state index < -0.39 is 0 Å². The third-order valence-electron chi connectivity index (χ3n) is 3.72. The molecule has 0 radical (unpaired) electrons. The summed E-state index contributed by atoms with van der Waals surface area (Å²) in [5.41, 5.74) is 2.50. The van der Waals surface area contributed by atoms with Gasteiger partial charge in [0, 0.05) is 11.1 Å². The highest BCUT2D eigenvalue weighted by atomic mass is 32.1. The van der Waals surface area contributed by atoms with E-state index in [2.05, 4.69) is 29.5 Å². The first-order chi connectivity index (χ1) is 12.5. The number of amides is 2. The van der Waals surface area contributed by atoms with Gasteiger partial charge in [0.05, 0.1) is 18.4 Å². The van der Waals surface area contributed by atoms with Crippen LogP contribution >= 0.6 is 11.3 Å². The lowest BCUT2D eigenvalue weighted by Gasteiger charge is -2.13. The Morgan fingerprint density at radius 2 is 1.96 bits per heavy atom. The van der Waals surface area contributed by atoms with Crippen LogP contribution in [0.1, 0.15) is 41.6 Å². The molecule has 0 atom stereocenters. The topological polar surface area (TPSA) is 84.2 Å². The van der Waals surface area contributed by atoms with Crippen LogP contribution in [0.5, 0.6) is 0 Å². The molecule has 26 heavy (non-hydrogen) atoms. The van der Waals surface area contributed by atoms with Gasteiger partial charge >= 0.3 is 0 Å². The third kappa shape index (κ3) is 4.37. The summed E-state index contributed by atoms with van der Waals surface area (Å²) in [6.07, 6.45) is 1.57. The van der Waals surface area contributed by atoms with Crippen molar-refractivity contribution in [2.45, 2.75) is 26.2 Å². The maximum Gasteiger partial charge on any atom is 0.293 e. The number of anilines is 2. The Hall–Kier alpha value is -2.93. The minimum Gasteiger partial charge on any atom is -0.459 e. The molecule has 2 N–H and O–H groups in total. The van der Waals surface area contributed by atoms with Crippen molar-refractivity contribution in [1.29, 1.82) is 0 Å². The molecule has 0 saturated heterocycles. The van der Waals surface area contributed by atoms with Crippen molar-refractivity contribution in [1.82, 2.24) is 4.98 Å². The first-order valence-electron chi connectivity index (χ1n) is 8.21. The number of carbonyl (C=O) groups is 2. The van der Waals surface area contributed by atoms with E-state index in [1.165, 1.54) is 17.6 Å². The summed E-state index contributed by atoms with van der Waals surface area (Å²) in [5.74, 6) is 0.0116. The molecule has 3 rings (SSSR count). The van der Waals surface area contributed by atoms with E-state index in [1.807, 2.05) is 24.3 Å². The van der Waals surface area contributed by atoms with E-state index in [1.54, 1.807) is 17.5 Å². The van der Waals surface area contributed by atoms with Crippen molar-refractivity contribution in [3.8, 4) is 0 Å². The first kappa shape index (κ1) is 17.9. The largest absolute Gasteiger partial charge is 0.459 e. The average molecular weight is 369 g/mol. The van der Waals surface area contributed by atoms with E-state index in [0.717, 1.165) is 11.3 Å². The molecule has 0 fully saturated rings. The zero-order chi connectivity index (χ0) is 18.5. The van der Waals surface area contributed by atoms with E-state index >= 15 is 0 Å². The lowest BCUT2D eigenvalue weighted by molar-refractivity contribution is -0.115. The van der Waals surface area contributed by atoms with Crippen molar-refractivity contribution < 1.29 is 14.0 Å². The number of nitrogens with zero attached hydrogens (tertiary/aromatic N) is 1. The fourth-order valence-electron chi connectivity index (χ4n) is 2.49. The van der Waals surface area contributed by atoms with Crippen LogP contribution in [0.15, 0.2) is 52.5 Å². The van der Waals surface area contributed by atoms with Crippen LogP contribution in [-0.2, 0) is 11.2 Å².